The van der Waals surface area contributed by atoms with Crippen LogP contribution in [0.25, 0.3) is 0 Å². The zero-order valence-corrected chi connectivity index (χ0v) is 10.2. The normalized spacial score (nSPS) is 10.8. The maximum absolute atomic E-state index is 5.46. The van der Waals surface area contributed by atoms with Crippen molar-refractivity contribution in [1.29, 1.82) is 0 Å². The number of aromatic nitrogens is 2. The van der Waals surface area contributed by atoms with Crippen LogP contribution in [0.1, 0.15) is 5.56 Å². The predicted octanol–water partition coefficient (Wildman–Crippen LogP) is 1.16. The highest BCUT2D eigenvalue weighted by Gasteiger charge is 2.02. The van der Waals surface area contributed by atoms with Gasteiger partial charge in [0.2, 0.25) is 11.6 Å². The molecule has 0 bridgehead atoms. The van der Waals surface area contributed by atoms with Gasteiger partial charge in [-0.2, -0.15) is 5.10 Å². The Balaban J connectivity index is 1.99. The van der Waals surface area contributed by atoms with Gasteiger partial charge in [-0.1, -0.05) is 12.1 Å². The lowest BCUT2D eigenvalue weighted by Crippen LogP contribution is -2.08. The van der Waals surface area contributed by atoms with E-state index in [1.807, 2.05) is 43.3 Å². The fourth-order valence-corrected chi connectivity index (χ4v) is 1.30. The van der Waals surface area contributed by atoms with Crippen LogP contribution in [-0.2, 0) is 0 Å². The second-order valence-corrected chi connectivity index (χ2v) is 3.85. The van der Waals surface area contributed by atoms with E-state index < -0.39 is 0 Å². The summed E-state index contributed by atoms with van der Waals surface area (Å²) < 4.78 is 4.42. The largest absolute Gasteiger partial charge is 0.378 e. The Morgan fingerprint density at radius 1 is 1.28 bits per heavy atom. The van der Waals surface area contributed by atoms with E-state index >= 15 is 0 Å². The summed E-state index contributed by atoms with van der Waals surface area (Å²) in [7, 11) is 3.98. The van der Waals surface area contributed by atoms with E-state index in [1.54, 1.807) is 6.21 Å². The molecular weight excluding hydrogens is 232 g/mol. The number of hydrogen-bond donors (Lipinski definition) is 2. The summed E-state index contributed by atoms with van der Waals surface area (Å²) in [5, 5.41) is 11.0. The molecule has 0 aliphatic heterocycles. The molecule has 1 aromatic carbocycles. The molecule has 1 heterocycles. The quantitative estimate of drug-likeness (QED) is 0.621. The van der Waals surface area contributed by atoms with Crippen molar-refractivity contribution >= 4 is 23.5 Å². The van der Waals surface area contributed by atoms with Crippen molar-refractivity contribution in [1.82, 2.24) is 10.3 Å². The highest BCUT2D eigenvalue weighted by Crippen LogP contribution is 2.12. The van der Waals surface area contributed by atoms with E-state index in [0.29, 0.717) is 5.82 Å². The zero-order chi connectivity index (χ0) is 13.0. The Kier molecular flexibility index (Phi) is 3.42. The number of hydrazone groups is 1. The fraction of sp³-hybridized carbons (Fsp3) is 0.182. The second kappa shape index (κ2) is 5.17. The summed E-state index contributed by atoms with van der Waals surface area (Å²) in [4.78, 5) is 2.03. The average molecular weight is 246 g/mol. The number of anilines is 3. The number of rotatable bonds is 4. The van der Waals surface area contributed by atoms with Gasteiger partial charge in [-0.25, -0.2) is 4.63 Å². The molecule has 0 fully saturated rings. The molecule has 94 valence electrons. The third-order valence-corrected chi connectivity index (χ3v) is 2.31. The summed E-state index contributed by atoms with van der Waals surface area (Å²) in [6.45, 7) is 0. The van der Waals surface area contributed by atoms with Gasteiger partial charge in [0.15, 0.2) is 0 Å². The Bertz CT molecular complexity index is 531. The molecule has 0 unspecified atom stereocenters. The molecule has 1 aromatic heterocycles. The van der Waals surface area contributed by atoms with E-state index in [2.05, 4.69) is 25.5 Å². The van der Waals surface area contributed by atoms with E-state index in [1.165, 1.54) is 0 Å². The van der Waals surface area contributed by atoms with Crippen molar-refractivity contribution in [3.8, 4) is 0 Å². The minimum atomic E-state index is 0.176. The Hall–Kier alpha value is -2.57. The Morgan fingerprint density at radius 3 is 2.56 bits per heavy atom. The number of nitrogen functional groups attached to an aromatic ring is 1. The van der Waals surface area contributed by atoms with Gasteiger partial charge in [0.05, 0.1) is 6.21 Å². The molecule has 0 aliphatic rings. The first kappa shape index (κ1) is 11.9. The van der Waals surface area contributed by atoms with Crippen LogP contribution in [0.3, 0.4) is 0 Å². The molecule has 7 nitrogen and oxygen atoms in total. The summed E-state index contributed by atoms with van der Waals surface area (Å²) >= 11 is 0. The van der Waals surface area contributed by atoms with E-state index in [9.17, 15) is 0 Å². The third-order valence-electron chi connectivity index (χ3n) is 2.31. The summed E-state index contributed by atoms with van der Waals surface area (Å²) in [5.74, 6) is 0.478. The molecule has 7 heteroatoms. The van der Waals surface area contributed by atoms with Crippen molar-refractivity contribution in [3.05, 3.63) is 29.8 Å². The topological polar surface area (TPSA) is 92.6 Å². The molecule has 0 amide bonds. The van der Waals surface area contributed by atoms with E-state index in [0.717, 1.165) is 11.3 Å². The zero-order valence-electron chi connectivity index (χ0n) is 10.2. The molecule has 0 saturated carbocycles. The Morgan fingerprint density at radius 2 is 2.00 bits per heavy atom. The molecule has 0 atom stereocenters. The van der Waals surface area contributed by atoms with Gasteiger partial charge in [-0.3, -0.25) is 5.43 Å². The summed E-state index contributed by atoms with van der Waals surface area (Å²) in [5.41, 5.74) is 10.2. The van der Waals surface area contributed by atoms with Gasteiger partial charge in [-0.15, -0.1) is 0 Å². The highest BCUT2D eigenvalue weighted by molar-refractivity contribution is 5.81. The van der Waals surface area contributed by atoms with Crippen LogP contribution in [0.5, 0.6) is 0 Å². The van der Waals surface area contributed by atoms with Crippen molar-refractivity contribution in [2.75, 3.05) is 30.2 Å². The molecule has 3 N–H and O–H groups in total. The number of nitrogens with one attached hydrogen (secondary N) is 1. The lowest BCUT2D eigenvalue weighted by Gasteiger charge is -2.11. The van der Waals surface area contributed by atoms with Crippen LogP contribution in [-0.4, -0.2) is 30.6 Å². The van der Waals surface area contributed by atoms with E-state index in [4.69, 9.17) is 5.73 Å². The van der Waals surface area contributed by atoms with Crippen LogP contribution in [0.4, 0.5) is 17.3 Å². The van der Waals surface area contributed by atoms with E-state index in [-0.39, 0.29) is 5.82 Å². The molecule has 0 aliphatic carbocycles. The van der Waals surface area contributed by atoms with Gasteiger partial charge in [0.1, 0.15) is 0 Å². The lowest BCUT2D eigenvalue weighted by atomic mass is 10.2. The number of benzene rings is 1. The Labute approximate surface area is 104 Å². The molecular formula is C11H14N6O. The van der Waals surface area contributed by atoms with Crippen LogP contribution in [0.15, 0.2) is 34.0 Å². The first-order valence-corrected chi connectivity index (χ1v) is 5.31. The van der Waals surface area contributed by atoms with Gasteiger partial charge < -0.3 is 10.6 Å². The number of nitrogens with zero attached hydrogens (tertiary/aromatic N) is 4. The maximum Gasteiger partial charge on any atom is 0.235 e. The smallest absolute Gasteiger partial charge is 0.235 e. The van der Waals surface area contributed by atoms with Crippen molar-refractivity contribution < 1.29 is 4.63 Å². The first-order valence-electron chi connectivity index (χ1n) is 5.31. The molecule has 18 heavy (non-hydrogen) atoms. The van der Waals surface area contributed by atoms with Crippen molar-refractivity contribution in [2.24, 2.45) is 5.10 Å². The molecule has 0 spiro atoms. The summed E-state index contributed by atoms with van der Waals surface area (Å²) in [6, 6.07) is 7.94. The number of hydrogen-bond acceptors (Lipinski definition) is 7. The maximum atomic E-state index is 5.46. The van der Waals surface area contributed by atoms with Crippen LogP contribution in [0.2, 0.25) is 0 Å². The molecule has 2 rings (SSSR count). The van der Waals surface area contributed by atoms with Gasteiger partial charge in [0, 0.05) is 19.8 Å². The standard InChI is InChI=1S/C11H14N6O/c1-17(2)9-5-3-8(4-6-9)7-13-14-11-10(12)15-18-16-11/h3-7H,1-2H3,(H2,12,15)(H,14,16). The third kappa shape index (κ3) is 2.76. The summed E-state index contributed by atoms with van der Waals surface area (Å²) in [6.07, 6.45) is 1.66. The van der Waals surface area contributed by atoms with Gasteiger partial charge in [-0.05, 0) is 28.0 Å². The van der Waals surface area contributed by atoms with Gasteiger partial charge in [0.25, 0.3) is 0 Å². The predicted molar refractivity (Wildman–Crippen MR) is 70.7 cm³/mol. The molecule has 0 saturated heterocycles. The van der Waals surface area contributed by atoms with Crippen LogP contribution >= 0.6 is 0 Å². The van der Waals surface area contributed by atoms with Crippen LogP contribution in [0, 0.1) is 0 Å². The number of nitrogens with two attached hydrogens (primary N) is 1. The average Bonchev–Trinajstić information content (AvgIpc) is 2.76. The molecule has 2 aromatic rings. The fourth-order valence-electron chi connectivity index (χ4n) is 1.30. The van der Waals surface area contributed by atoms with Crippen molar-refractivity contribution in [2.45, 2.75) is 0 Å². The molecule has 0 radical (unpaired) electrons. The van der Waals surface area contributed by atoms with Crippen LogP contribution < -0.4 is 16.1 Å². The highest BCUT2D eigenvalue weighted by atomic mass is 16.6. The second-order valence-electron chi connectivity index (χ2n) is 3.85. The SMILES string of the molecule is CN(C)c1ccc(C=NNc2nonc2N)cc1. The van der Waals surface area contributed by atoms with Crippen molar-refractivity contribution in [3.63, 3.8) is 0 Å². The minimum absolute atomic E-state index is 0.176. The lowest BCUT2D eigenvalue weighted by molar-refractivity contribution is 0.310. The first-order chi connectivity index (χ1) is 8.66. The monoisotopic (exact) mass is 246 g/mol. The van der Waals surface area contributed by atoms with Gasteiger partial charge >= 0.3 is 0 Å². The minimum Gasteiger partial charge on any atom is -0.378 e.